The van der Waals surface area contributed by atoms with Gasteiger partial charge in [-0.05, 0) is 81.0 Å². The maximum absolute atomic E-state index is 15.1. The third-order valence-corrected chi connectivity index (χ3v) is 14.8. The SMILES string of the molecule is CCCOc1cc2c(cc1OC)[C@@]1(CS[C@@H]3c4c(OC(C)=O)c(C)c5c(c4[C@H](COC1=O)N1C3[C@@H]3c4c(cc(C)c(OC)c4OCCC)C[C@H]([C@@H]1C#N)N3C)OCO5)NCC2. The molecule has 0 radical (unpaired) electrons. The van der Waals surface area contributed by atoms with Crippen LogP contribution < -0.4 is 38.5 Å². The number of benzene rings is 3. The Morgan fingerprint density at radius 3 is 2.46 bits per heavy atom. The highest BCUT2D eigenvalue weighted by molar-refractivity contribution is 7.99. The first-order chi connectivity index (χ1) is 29.5. The third-order valence-electron chi connectivity index (χ3n) is 13.3. The molecule has 3 aromatic carbocycles. The minimum Gasteiger partial charge on any atom is -0.493 e. The number of aryl methyl sites for hydroxylation is 1. The number of rotatable bonds is 9. The van der Waals surface area contributed by atoms with Crippen molar-refractivity contribution >= 4 is 23.7 Å². The average molecular weight is 855 g/mol. The summed E-state index contributed by atoms with van der Waals surface area (Å²) < 4.78 is 50.1. The van der Waals surface area contributed by atoms with Crippen LogP contribution in [0.25, 0.3) is 0 Å². The summed E-state index contributed by atoms with van der Waals surface area (Å²) in [5, 5.41) is 14.5. The maximum Gasteiger partial charge on any atom is 0.331 e. The highest BCUT2D eigenvalue weighted by Gasteiger charge is 2.62. The van der Waals surface area contributed by atoms with E-state index >= 15 is 4.79 Å². The molecule has 0 aromatic heterocycles. The van der Waals surface area contributed by atoms with E-state index in [1.165, 1.54) is 6.92 Å². The van der Waals surface area contributed by atoms with E-state index in [4.69, 9.17) is 37.9 Å². The second-order valence-electron chi connectivity index (χ2n) is 16.7. The Hall–Kier alpha value is -4.88. The number of methoxy groups -OCH3 is 2. The van der Waals surface area contributed by atoms with Crippen molar-refractivity contribution in [2.75, 3.05) is 60.2 Å². The Bertz CT molecular complexity index is 2330. The highest BCUT2D eigenvalue weighted by Crippen LogP contribution is 2.65. The summed E-state index contributed by atoms with van der Waals surface area (Å²) in [5.74, 6) is 3.24. The Morgan fingerprint density at radius 1 is 0.967 bits per heavy atom. The summed E-state index contributed by atoms with van der Waals surface area (Å²) in [6.07, 6.45) is 2.89. The van der Waals surface area contributed by atoms with Crippen LogP contribution in [0.4, 0.5) is 0 Å². The molecular weight excluding hydrogens is 801 g/mol. The van der Waals surface area contributed by atoms with Crippen LogP contribution in [0, 0.1) is 25.2 Å². The third kappa shape index (κ3) is 6.30. The van der Waals surface area contributed by atoms with E-state index in [9.17, 15) is 10.1 Å². The van der Waals surface area contributed by atoms with Gasteiger partial charge in [0.05, 0.1) is 50.8 Å². The van der Waals surface area contributed by atoms with Crippen LogP contribution in [0.2, 0.25) is 0 Å². The number of ether oxygens (including phenoxy) is 8. The smallest absolute Gasteiger partial charge is 0.331 e. The van der Waals surface area contributed by atoms with Crippen LogP contribution in [0.15, 0.2) is 18.2 Å². The molecule has 15 heteroatoms. The molecule has 7 atom stereocenters. The highest BCUT2D eigenvalue weighted by atomic mass is 32.2. The standard InChI is InChI=1S/C46H54N4O10S/c1-9-13-55-33-17-26-11-12-48-46(28(26)18-32(33)53-7)21-61-44-36-35(43-41(58-22-59-43)24(4)40(36)60-25(5)51)31(20-57-45(46)52)50-30(19-47)29-16-27-15-23(3)39(54-8)42(56-14-10-2)34(27)37(38(44)50)49(29)6/h15,17-18,29-31,37-38,44,48H,9-14,16,20-22H2,1-8H3/t29-,30+,31+,37+,38?,44-,46-/m1/s1. The van der Waals surface area contributed by atoms with Crippen molar-refractivity contribution in [2.24, 2.45) is 0 Å². The van der Waals surface area contributed by atoms with Gasteiger partial charge in [0.1, 0.15) is 18.4 Å². The first kappa shape index (κ1) is 41.5. The second kappa shape index (κ2) is 16.1. The molecule has 2 fully saturated rings. The van der Waals surface area contributed by atoms with E-state index in [0.29, 0.717) is 84.0 Å². The number of hydrogen-bond acceptors (Lipinski definition) is 15. The number of thioether (sulfide) groups is 1. The van der Waals surface area contributed by atoms with Gasteiger partial charge in [0, 0.05) is 53.6 Å². The molecule has 1 N–H and O–H groups in total. The van der Waals surface area contributed by atoms with Gasteiger partial charge in [-0.1, -0.05) is 19.9 Å². The molecular formula is C46H54N4O10S. The number of carbonyl (C=O) groups is 2. The van der Waals surface area contributed by atoms with Gasteiger partial charge in [-0.2, -0.15) is 5.26 Å². The predicted molar refractivity (Wildman–Crippen MR) is 226 cm³/mol. The molecule has 7 aliphatic heterocycles. The van der Waals surface area contributed by atoms with Crippen molar-refractivity contribution in [2.45, 2.75) is 101 Å². The van der Waals surface area contributed by atoms with Gasteiger partial charge in [-0.25, -0.2) is 4.79 Å². The summed E-state index contributed by atoms with van der Waals surface area (Å²) in [6.45, 7) is 10.8. The van der Waals surface area contributed by atoms with Crippen molar-refractivity contribution in [3.05, 3.63) is 62.7 Å². The van der Waals surface area contributed by atoms with Crippen molar-refractivity contribution in [3.8, 4) is 46.3 Å². The fourth-order valence-corrected chi connectivity index (χ4v) is 12.5. The number of nitriles is 1. The summed E-state index contributed by atoms with van der Waals surface area (Å²) in [5.41, 5.74) is 5.64. The molecule has 7 aliphatic rings. The summed E-state index contributed by atoms with van der Waals surface area (Å²) in [7, 11) is 5.37. The first-order valence-electron chi connectivity index (χ1n) is 21.3. The topological polar surface area (TPSA) is 150 Å². The zero-order valence-corrected chi connectivity index (χ0v) is 36.9. The molecule has 4 bridgehead atoms. The van der Waals surface area contributed by atoms with Gasteiger partial charge in [-0.15, -0.1) is 11.8 Å². The molecule has 1 spiro atoms. The van der Waals surface area contributed by atoms with Crippen LogP contribution in [-0.4, -0.2) is 100 Å². The lowest BCUT2D eigenvalue weighted by atomic mass is 9.71. The number of nitrogens with zero attached hydrogens (tertiary/aromatic N) is 3. The molecule has 1 unspecified atom stereocenters. The van der Waals surface area contributed by atoms with Crippen LogP contribution in [0.5, 0.6) is 40.2 Å². The summed E-state index contributed by atoms with van der Waals surface area (Å²) in [4.78, 5) is 32.8. The minimum absolute atomic E-state index is 0.0319. The predicted octanol–water partition coefficient (Wildman–Crippen LogP) is 6.15. The fraction of sp³-hybridized carbons (Fsp3) is 0.543. The quantitative estimate of drug-likeness (QED) is 0.193. The largest absolute Gasteiger partial charge is 0.493 e. The van der Waals surface area contributed by atoms with Crippen molar-refractivity contribution in [1.29, 1.82) is 5.26 Å². The summed E-state index contributed by atoms with van der Waals surface area (Å²) >= 11 is 1.58. The Balaban J connectivity index is 1.31. The number of fused-ring (bicyclic) bond motifs is 9. The molecule has 14 nitrogen and oxygen atoms in total. The summed E-state index contributed by atoms with van der Waals surface area (Å²) in [6, 6.07) is 6.50. The minimum atomic E-state index is -1.29. The van der Waals surface area contributed by atoms with Crippen LogP contribution >= 0.6 is 11.8 Å². The second-order valence-corrected chi connectivity index (χ2v) is 17.9. The maximum atomic E-state index is 15.1. The van der Waals surface area contributed by atoms with Crippen molar-refractivity contribution in [3.63, 3.8) is 0 Å². The molecule has 3 aromatic rings. The Labute approximate surface area is 361 Å². The van der Waals surface area contributed by atoms with Crippen LogP contribution in [0.3, 0.4) is 0 Å². The van der Waals surface area contributed by atoms with E-state index in [1.807, 2.05) is 26.0 Å². The van der Waals surface area contributed by atoms with Gasteiger partial charge in [0.25, 0.3) is 0 Å². The number of likely N-dealkylation sites (N-methyl/N-ethyl adjacent to an activating group) is 1. The molecule has 7 heterocycles. The molecule has 2 saturated heterocycles. The monoisotopic (exact) mass is 854 g/mol. The molecule has 0 amide bonds. The van der Waals surface area contributed by atoms with Gasteiger partial charge < -0.3 is 37.9 Å². The zero-order chi connectivity index (χ0) is 42.9. The van der Waals surface area contributed by atoms with Crippen molar-refractivity contribution < 1.29 is 47.5 Å². The average Bonchev–Trinajstić information content (AvgIpc) is 3.74. The number of hydrogen-bond donors (Lipinski definition) is 1. The molecule has 10 rings (SSSR count). The Morgan fingerprint density at radius 2 is 1.74 bits per heavy atom. The molecule has 0 aliphatic carbocycles. The lowest BCUT2D eigenvalue weighted by Gasteiger charge is -2.62. The Kier molecular flexibility index (Phi) is 10.9. The van der Waals surface area contributed by atoms with E-state index in [2.05, 4.69) is 48.1 Å². The number of nitrogens with one attached hydrogen (secondary N) is 1. The number of piperazine rings is 1. The molecule has 61 heavy (non-hydrogen) atoms. The lowest BCUT2D eigenvalue weighted by Crippen LogP contribution is -2.69. The first-order valence-corrected chi connectivity index (χ1v) is 22.3. The molecule has 324 valence electrons. The van der Waals surface area contributed by atoms with Crippen LogP contribution in [0.1, 0.15) is 95.5 Å². The van der Waals surface area contributed by atoms with E-state index in [-0.39, 0.29) is 31.2 Å². The lowest BCUT2D eigenvalue weighted by molar-refractivity contribution is -0.157. The number of carbonyl (C=O) groups excluding carboxylic acids is 2. The fourth-order valence-electron chi connectivity index (χ4n) is 10.8. The van der Waals surface area contributed by atoms with Gasteiger partial charge >= 0.3 is 11.9 Å². The van der Waals surface area contributed by atoms with Gasteiger partial charge in [-0.3, -0.25) is 19.9 Å². The van der Waals surface area contributed by atoms with E-state index in [0.717, 1.165) is 46.2 Å². The molecule has 0 saturated carbocycles. The normalized spacial score (nSPS) is 27.2. The zero-order valence-electron chi connectivity index (χ0n) is 36.1. The van der Waals surface area contributed by atoms with E-state index in [1.54, 1.807) is 26.0 Å². The van der Waals surface area contributed by atoms with Crippen LogP contribution in [-0.2, 0) is 32.7 Å². The van der Waals surface area contributed by atoms with Gasteiger partial charge in [0.2, 0.25) is 6.79 Å². The van der Waals surface area contributed by atoms with Gasteiger partial charge in [0.15, 0.2) is 40.0 Å². The van der Waals surface area contributed by atoms with E-state index < -0.39 is 40.9 Å². The van der Waals surface area contributed by atoms with Crippen molar-refractivity contribution in [1.82, 2.24) is 15.1 Å². The number of esters is 2.